The van der Waals surface area contributed by atoms with Crippen LogP contribution in [-0.2, 0) is 16.1 Å². The number of amides is 1. The molecule has 0 aliphatic carbocycles. The first-order valence-corrected chi connectivity index (χ1v) is 6.43. The van der Waals surface area contributed by atoms with E-state index < -0.39 is 0 Å². The molecule has 0 aliphatic rings. The summed E-state index contributed by atoms with van der Waals surface area (Å²) in [5, 5.41) is 3.44. The molecular weight excluding hydrogens is 305 g/mol. The van der Waals surface area contributed by atoms with Gasteiger partial charge in [0.05, 0.1) is 12.5 Å². The van der Waals surface area contributed by atoms with Gasteiger partial charge < -0.3 is 10.1 Å². The van der Waals surface area contributed by atoms with Gasteiger partial charge in [0, 0.05) is 23.1 Å². The van der Waals surface area contributed by atoms with Crippen LogP contribution in [0.4, 0.5) is 0 Å². The van der Waals surface area contributed by atoms with Gasteiger partial charge in [-0.3, -0.25) is 4.79 Å². The van der Waals surface area contributed by atoms with E-state index in [4.69, 9.17) is 16.3 Å². The number of ether oxygens (including phenoxy) is 1. The zero-order chi connectivity index (χ0) is 12.8. The van der Waals surface area contributed by atoms with Gasteiger partial charge in [-0.05, 0) is 24.6 Å². The Morgan fingerprint density at radius 1 is 1.59 bits per heavy atom. The summed E-state index contributed by atoms with van der Waals surface area (Å²) in [7, 11) is 1.59. The van der Waals surface area contributed by atoms with E-state index in [-0.39, 0.29) is 12.0 Å². The lowest BCUT2D eigenvalue weighted by Crippen LogP contribution is -2.26. The maximum absolute atomic E-state index is 11.5. The van der Waals surface area contributed by atoms with Gasteiger partial charge in [0.2, 0.25) is 5.91 Å². The van der Waals surface area contributed by atoms with Crippen LogP contribution in [0.5, 0.6) is 0 Å². The van der Waals surface area contributed by atoms with Crippen molar-refractivity contribution >= 4 is 33.4 Å². The van der Waals surface area contributed by atoms with Crippen molar-refractivity contribution in [1.29, 1.82) is 0 Å². The Kier molecular flexibility index (Phi) is 5.95. The van der Waals surface area contributed by atoms with Gasteiger partial charge in [-0.2, -0.15) is 0 Å². The summed E-state index contributed by atoms with van der Waals surface area (Å²) >= 11 is 9.37. The summed E-state index contributed by atoms with van der Waals surface area (Å²) in [6.45, 7) is 2.29. The van der Waals surface area contributed by atoms with E-state index in [0.717, 1.165) is 10.0 Å². The molecule has 0 bridgehead atoms. The predicted molar refractivity (Wildman–Crippen MR) is 72.1 cm³/mol. The molecule has 1 atom stereocenters. The van der Waals surface area contributed by atoms with Crippen molar-refractivity contribution in [2.75, 3.05) is 7.11 Å². The van der Waals surface area contributed by atoms with E-state index in [2.05, 4.69) is 21.2 Å². The average molecular weight is 321 g/mol. The highest BCUT2D eigenvalue weighted by Crippen LogP contribution is 2.21. The Morgan fingerprint density at radius 3 is 2.88 bits per heavy atom. The van der Waals surface area contributed by atoms with Gasteiger partial charge in [-0.25, -0.2) is 0 Å². The molecule has 0 spiro atoms. The number of halogens is 2. The first kappa shape index (κ1) is 14.5. The van der Waals surface area contributed by atoms with Crippen LogP contribution < -0.4 is 5.32 Å². The van der Waals surface area contributed by atoms with Crippen LogP contribution in [0, 0.1) is 0 Å². The molecule has 0 heterocycles. The Morgan fingerprint density at radius 2 is 2.29 bits per heavy atom. The fourth-order valence-corrected chi connectivity index (χ4v) is 2.02. The lowest BCUT2D eigenvalue weighted by atomic mass is 10.2. The predicted octanol–water partition coefficient (Wildman–Crippen LogP) is 3.14. The molecule has 1 amide bonds. The molecular formula is C12H15BrClNO2. The van der Waals surface area contributed by atoms with Gasteiger partial charge in [-0.1, -0.05) is 33.6 Å². The third-order valence-corrected chi connectivity index (χ3v) is 3.21. The molecule has 1 rings (SSSR count). The number of hydrogen-bond acceptors (Lipinski definition) is 2. The van der Waals surface area contributed by atoms with Gasteiger partial charge in [-0.15, -0.1) is 0 Å². The van der Waals surface area contributed by atoms with Gasteiger partial charge >= 0.3 is 0 Å². The zero-order valence-corrected chi connectivity index (χ0v) is 12.1. The minimum absolute atomic E-state index is 0.0432. The molecule has 1 unspecified atom stereocenters. The van der Waals surface area contributed by atoms with Crippen LogP contribution >= 0.6 is 27.5 Å². The molecule has 0 saturated carbocycles. The minimum Gasteiger partial charge on any atom is -0.381 e. The van der Waals surface area contributed by atoms with Crippen LogP contribution in [0.15, 0.2) is 22.7 Å². The molecule has 0 aliphatic heterocycles. The van der Waals surface area contributed by atoms with Gasteiger partial charge in [0.15, 0.2) is 0 Å². The van der Waals surface area contributed by atoms with E-state index >= 15 is 0 Å². The summed E-state index contributed by atoms with van der Waals surface area (Å²) in [6.07, 6.45) is 0.278. The van der Waals surface area contributed by atoms with Crippen LogP contribution in [0.3, 0.4) is 0 Å². The monoisotopic (exact) mass is 319 g/mol. The zero-order valence-electron chi connectivity index (χ0n) is 9.80. The van der Waals surface area contributed by atoms with Crippen molar-refractivity contribution in [2.24, 2.45) is 0 Å². The van der Waals surface area contributed by atoms with Gasteiger partial charge in [0.1, 0.15) is 0 Å². The summed E-state index contributed by atoms with van der Waals surface area (Å²) in [5.41, 5.74) is 0.897. The highest BCUT2D eigenvalue weighted by Gasteiger charge is 2.08. The third kappa shape index (κ3) is 5.06. The van der Waals surface area contributed by atoms with E-state index in [1.807, 2.05) is 19.1 Å². The molecule has 3 nitrogen and oxygen atoms in total. The second-order valence-electron chi connectivity index (χ2n) is 3.76. The van der Waals surface area contributed by atoms with E-state index in [0.29, 0.717) is 18.0 Å². The molecule has 1 aromatic rings. The molecule has 17 heavy (non-hydrogen) atoms. The first-order chi connectivity index (χ1) is 8.02. The number of carbonyl (C=O) groups excluding carboxylic acids is 1. The second kappa shape index (κ2) is 6.99. The largest absolute Gasteiger partial charge is 0.381 e. The van der Waals surface area contributed by atoms with Crippen molar-refractivity contribution in [2.45, 2.75) is 26.0 Å². The fraction of sp³-hybridized carbons (Fsp3) is 0.417. The van der Waals surface area contributed by atoms with Crippen molar-refractivity contribution in [3.05, 3.63) is 33.3 Å². The van der Waals surface area contributed by atoms with Gasteiger partial charge in [0.25, 0.3) is 0 Å². The van der Waals surface area contributed by atoms with E-state index in [1.54, 1.807) is 13.2 Å². The molecule has 0 saturated heterocycles. The van der Waals surface area contributed by atoms with Crippen molar-refractivity contribution in [1.82, 2.24) is 5.32 Å². The van der Waals surface area contributed by atoms with E-state index in [9.17, 15) is 4.79 Å². The van der Waals surface area contributed by atoms with E-state index in [1.165, 1.54) is 0 Å². The van der Waals surface area contributed by atoms with Crippen LogP contribution in [-0.4, -0.2) is 19.1 Å². The number of methoxy groups -OCH3 is 1. The Labute approximate surface area is 115 Å². The van der Waals surface area contributed by atoms with Crippen LogP contribution in [0.1, 0.15) is 18.9 Å². The smallest absolute Gasteiger partial charge is 0.222 e. The molecule has 1 aromatic carbocycles. The summed E-state index contributed by atoms with van der Waals surface area (Å²) in [4.78, 5) is 11.5. The highest BCUT2D eigenvalue weighted by atomic mass is 79.9. The lowest BCUT2D eigenvalue weighted by molar-refractivity contribution is -0.123. The number of benzene rings is 1. The van der Waals surface area contributed by atoms with Crippen molar-refractivity contribution < 1.29 is 9.53 Å². The molecule has 0 radical (unpaired) electrons. The number of carbonyl (C=O) groups is 1. The second-order valence-corrected chi connectivity index (χ2v) is 5.09. The lowest BCUT2D eigenvalue weighted by Gasteiger charge is -2.10. The van der Waals surface area contributed by atoms with Crippen molar-refractivity contribution in [3.63, 3.8) is 0 Å². The summed E-state index contributed by atoms with van der Waals surface area (Å²) < 4.78 is 5.94. The van der Waals surface area contributed by atoms with Crippen LogP contribution in [0.2, 0.25) is 5.02 Å². The summed E-state index contributed by atoms with van der Waals surface area (Å²) in [6, 6.07) is 5.58. The Bertz CT molecular complexity index is 398. The number of nitrogens with one attached hydrogen (secondary N) is 1. The minimum atomic E-state index is -0.0737. The molecule has 1 N–H and O–H groups in total. The Balaban J connectivity index is 2.47. The standard InChI is InChI=1S/C12H15BrClNO2/c1-8(17-2)5-12(16)15-7-9-3-4-10(13)6-11(9)14/h3-4,6,8H,5,7H2,1-2H3,(H,15,16). The number of hydrogen-bond donors (Lipinski definition) is 1. The summed E-state index contributed by atoms with van der Waals surface area (Å²) in [5.74, 6) is -0.0432. The van der Waals surface area contributed by atoms with Crippen LogP contribution in [0.25, 0.3) is 0 Å². The third-order valence-electron chi connectivity index (χ3n) is 2.37. The molecule has 0 aromatic heterocycles. The quantitative estimate of drug-likeness (QED) is 0.905. The topological polar surface area (TPSA) is 38.3 Å². The maximum Gasteiger partial charge on any atom is 0.222 e. The molecule has 0 fully saturated rings. The molecule has 94 valence electrons. The fourth-order valence-electron chi connectivity index (χ4n) is 1.28. The molecule has 5 heteroatoms. The first-order valence-electron chi connectivity index (χ1n) is 5.26. The average Bonchev–Trinajstić information content (AvgIpc) is 2.27. The number of rotatable bonds is 5. The van der Waals surface area contributed by atoms with Crippen molar-refractivity contribution in [3.8, 4) is 0 Å². The normalized spacial score (nSPS) is 12.2. The SMILES string of the molecule is COC(C)CC(=O)NCc1ccc(Br)cc1Cl. The Hall–Kier alpha value is -0.580. The highest BCUT2D eigenvalue weighted by molar-refractivity contribution is 9.10. The maximum atomic E-state index is 11.5.